The lowest BCUT2D eigenvalue weighted by Crippen LogP contribution is -2.24. The first-order chi connectivity index (χ1) is 10.4. The van der Waals surface area contributed by atoms with E-state index in [0.717, 1.165) is 34.0 Å². The molecule has 116 valence electrons. The van der Waals surface area contributed by atoms with Gasteiger partial charge in [-0.2, -0.15) is 5.10 Å². The van der Waals surface area contributed by atoms with Crippen molar-refractivity contribution in [1.82, 2.24) is 9.99 Å². The van der Waals surface area contributed by atoms with Crippen LogP contribution in [0.4, 0.5) is 4.79 Å². The number of carbonyl (C=O) groups excluding carboxylic acids is 1. The SMILES string of the molecule is COc1ccc(C)cc1-n1c(C)cc(/C=N/NC(N)=O)c1C. The summed E-state index contributed by atoms with van der Waals surface area (Å²) in [4.78, 5) is 10.7. The summed E-state index contributed by atoms with van der Waals surface area (Å²) in [6.07, 6.45) is 1.58. The Hall–Kier alpha value is -2.76. The molecule has 0 aliphatic heterocycles. The number of hydrogen-bond donors (Lipinski definition) is 2. The minimum Gasteiger partial charge on any atom is -0.495 e. The van der Waals surface area contributed by atoms with Crippen LogP contribution in [-0.4, -0.2) is 23.9 Å². The Labute approximate surface area is 129 Å². The fraction of sp³-hybridized carbons (Fsp3) is 0.250. The molecule has 0 unspecified atom stereocenters. The Morgan fingerprint density at radius 3 is 2.68 bits per heavy atom. The smallest absolute Gasteiger partial charge is 0.332 e. The van der Waals surface area contributed by atoms with Gasteiger partial charge in [0.05, 0.1) is 19.0 Å². The number of aryl methyl sites for hydroxylation is 2. The Bertz CT molecular complexity index is 732. The average Bonchev–Trinajstić information content (AvgIpc) is 2.73. The number of hydrogen-bond acceptors (Lipinski definition) is 3. The highest BCUT2D eigenvalue weighted by molar-refractivity contribution is 5.83. The molecule has 1 heterocycles. The quantitative estimate of drug-likeness (QED) is 0.671. The van der Waals surface area contributed by atoms with Crippen molar-refractivity contribution in [3.05, 3.63) is 46.8 Å². The van der Waals surface area contributed by atoms with Gasteiger partial charge in [0, 0.05) is 17.0 Å². The topological polar surface area (TPSA) is 81.6 Å². The lowest BCUT2D eigenvalue weighted by atomic mass is 10.2. The van der Waals surface area contributed by atoms with Crippen molar-refractivity contribution >= 4 is 12.2 Å². The van der Waals surface area contributed by atoms with E-state index in [1.165, 1.54) is 0 Å². The number of hydrazone groups is 1. The van der Waals surface area contributed by atoms with E-state index in [2.05, 4.69) is 21.2 Å². The van der Waals surface area contributed by atoms with Crippen LogP contribution < -0.4 is 15.9 Å². The van der Waals surface area contributed by atoms with Gasteiger partial charge in [-0.05, 0) is 44.5 Å². The van der Waals surface area contributed by atoms with E-state index in [0.29, 0.717) is 0 Å². The molecule has 0 atom stereocenters. The molecule has 0 aliphatic rings. The highest BCUT2D eigenvalue weighted by atomic mass is 16.5. The van der Waals surface area contributed by atoms with Gasteiger partial charge in [0.1, 0.15) is 5.75 Å². The summed E-state index contributed by atoms with van der Waals surface area (Å²) in [5, 5.41) is 3.82. The number of urea groups is 1. The first-order valence-electron chi connectivity index (χ1n) is 6.86. The fourth-order valence-electron chi connectivity index (χ4n) is 2.43. The van der Waals surface area contributed by atoms with E-state index in [9.17, 15) is 4.79 Å². The molecule has 6 heteroatoms. The third kappa shape index (κ3) is 3.11. The second-order valence-electron chi connectivity index (χ2n) is 5.07. The van der Waals surface area contributed by atoms with E-state index < -0.39 is 6.03 Å². The van der Waals surface area contributed by atoms with Gasteiger partial charge in [-0.1, -0.05) is 6.07 Å². The average molecular weight is 300 g/mol. The number of primary amides is 1. The Morgan fingerprint density at radius 2 is 2.05 bits per heavy atom. The maximum Gasteiger partial charge on any atom is 0.332 e. The fourth-order valence-corrected chi connectivity index (χ4v) is 2.43. The third-order valence-electron chi connectivity index (χ3n) is 3.42. The lowest BCUT2D eigenvalue weighted by Gasteiger charge is -2.14. The number of nitrogens with one attached hydrogen (secondary N) is 1. The zero-order chi connectivity index (χ0) is 16.3. The van der Waals surface area contributed by atoms with Crippen molar-refractivity contribution in [2.45, 2.75) is 20.8 Å². The molecule has 1 aromatic heterocycles. The number of methoxy groups -OCH3 is 1. The van der Waals surface area contributed by atoms with Crippen molar-refractivity contribution in [3.63, 3.8) is 0 Å². The molecule has 0 saturated heterocycles. The monoisotopic (exact) mass is 300 g/mol. The van der Waals surface area contributed by atoms with Crippen LogP contribution in [0, 0.1) is 20.8 Å². The normalized spacial score (nSPS) is 10.9. The maximum atomic E-state index is 10.7. The van der Waals surface area contributed by atoms with E-state index in [-0.39, 0.29) is 0 Å². The summed E-state index contributed by atoms with van der Waals surface area (Å²) < 4.78 is 7.55. The Balaban J connectivity index is 2.49. The van der Waals surface area contributed by atoms with Gasteiger partial charge in [-0.15, -0.1) is 0 Å². The van der Waals surface area contributed by atoms with E-state index in [1.54, 1.807) is 13.3 Å². The molecule has 1 aromatic carbocycles. The second kappa shape index (κ2) is 6.34. The molecular formula is C16H20N4O2. The third-order valence-corrected chi connectivity index (χ3v) is 3.42. The molecule has 2 aromatic rings. The van der Waals surface area contributed by atoms with Crippen LogP contribution in [0.15, 0.2) is 29.4 Å². The molecule has 0 saturated carbocycles. The molecule has 0 spiro atoms. The van der Waals surface area contributed by atoms with E-state index in [4.69, 9.17) is 10.5 Å². The Kier molecular flexibility index (Phi) is 4.50. The molecule has 2 amide bonds. The van der Waals surface area contributed by atoms with Crippen LogP contribution in [0.25, 0.3) is 5.69 Å². The number of rotatable bonds is 4. The van der Waals surface area contributed by atoms with Crippen molar-refractivity contribution in [3.8, 4) is 11.4 Å². The molecule has 0 aliphatic carbocycles. The number of nitrogens with zero attached hydrogens (tertiary/aromatic N) is 2. The number of amides is 2. The molecule has 3 N–H and O–H groups in total. The molecule has 0 fully saturated rings. The lowest BCUT2D eigenvalue weighted by molar-refractivity contribution is 0.249. The van der Waals surface area contributed by atoms with Gasteiger partial charge in [0.2, 0.25) is 0 Å². The highest BCUT2D eigenvalue weighted by Crippen LogP contribution is 2.28. The van der Waals surface area contributed by atoms with Crippen LogP contribution >= 0.6 is 0 Å². The summed E-state index contributed by atoms with van der Waals surface area (Å²) in [5.74, 6) is 0.797. The van der Waals surface area contributed by atoms with Gasteiger partial charge in [-0.25, -0.2) is 10.2 Å². The number of benzene rings is 1. The van der Waals surface area contributed by atoms with E-state index >= 15 is 0 Å². The highest BCUT2D eigenvalue weighted by Gasteiger charge is 2.13. The van der Waals surface area contributed by atoms with Crippen LogP contribution in [0.2, 0.25) is 0 Å². The first-order valence-corrected chi connectivity index (χ1v) is 6.86. The van der Waals surface area contributed by atoms with Crippen molar-refractivity contribution in [1.29, 1.82) is 0 Å². The van der Waals surface area contributed by atoms with Gasteiger partial charge in [0.25, 0.3) is 0 Å². The predicted octanol–water partition coefficient (Wildman–Crippen LogP) is 2.41. The minimum absolute atomic E-state index is 0.689. The summed E-state index contributed by atoms with van der Waals surface area (Å²) in [7, 11) is 1.65. The molecule has 0 radical (unpaired) electrons. The summed E-state index contributed by atoms with van der Waals surface area (Å²) in [6, 6.07) is 7.33. The zero-order valence-electron chi connectivity index (χ0n) is 13.2. The molecule has 6 nitrogen and oxygen atoms in total. The molecule has 22 heavy (non-hydrogen) atoms. The van der Waals surface area contributed by atoms with Gasteiger partial charge in [0.15, 0.2) is 0 Å². The van der Waals surface area contributed by atoms with Crippen LogP contribution in [0.5, 0.6) is 5.75 Å². The van der Waals surface area contributed by atoms with Crippen LogP contribution in [0.3, 0.4) is 0 Å². The Morgan fingerprint density at radius 1 is 1.32 bits per heavy atom. The van der Waals surface area contributed by atoms with Crippen molar-refractivity contribution < 1.29 is 9.53 Å². The van der Waals surface area contributed by atoms with Gasteiger partial charge >= 0.3 is 6.03 Å². The van der Waals surface area contributed by atoms with Crippen LogP contribution in [0.1, 0.15) is 22.5 Å². The van der Waals surface area contributed by atoms with Gasteiger partial charge in [-0.3, -0.25) is 0 Å². The zero-order valence-corrected chi connectivity index (χ0v) is 13.2. The standard InChI is InChI=1S/C16H20N4O2/c1-10-5-6-15(22-4)14(7-10)20-11(2)8-13(12(20)3)9-18-19-16(17)21/h5-9H,1-4H3,(H3,17,19,21)/b18-9+. The number of aromatic nitrogens is 1. The van der Waals surface area contributed by atoms with E-state index in [1.807, 2.05) is 39.0 Å². The summed E-state index contributed by atoms with van der Waals surface area (Å²) in [5.41, 5.74) is 12.2. The predicted molar refractivity (Wildman–Crippen MR) is 86.8 cm³/mol. The summed E-state index contributed by atoms with van der Waals surface area (Å²) in [6.45, 7) is 6.03. The number of carbonyl (C=O) groups is 1. The van der Waals surface area contributed by atoms with Crippen molar-refractivity contribution in [2.24, 2.45) is 10.8 Å². The maximum absolute atomic E-state index is 10.7. The van der Waals surface area contributed by atoms with Gasteiger partial charge < -0.3 is 15.0 Å². The molecular weight excluding hydrogens is 280 g/mol. The largest absolute Gasteiger partial charge is 0.495 e. The minimum atomic E-state index is -0.689. The molecule has 2 rings (SSSR count). The summed E-state index contributed by atoms with van der Waals surface area (Å²) >= 11 is 0. The first kappa shape index (κ1) is 15.6. The second-order valence-corrected chi connectivity index (χ2v) is 5.07. The van der Waals surface area contributed by atoms with Crippen LogP contribution in [-0.2, 0) is 0 Å². The number of nitrogens with two attached hydrogens (primary N) is 1. The molecule has 0 bridgehead atoms. The number of ether oxygens (including phenoxy) is 1. The van der Waals surface area contributed by atoms with Crippen molar-refractivity contribution in [2.75, 3.05) is 7.11 Å².